The Morgan fingerprint density at radius 1 is 1.26 bits per heavy atom. The molecule has 1 aromatic carbocycles. The van der Waals surface area contributed by atoms with E-state index in [1.165, 1.54) is 12.1 Å². The highest BCUT2D eigenvalue weighted by Gasteiger charge is 2.09. The standard InChI is InChI=1S/C14H17FN4/c1-10-11(8-16-2)9-17-14(18-10)19(3)13-6-4-12(15)5-7-13/h4-7,9,16H,8H2,1-3H3. The fraction of sp³-hybridized carbons (Fsp3) is 0.286. The fourth-order valence-electron chi connectivity index (χ4n) is 1.79. The zero-order valence-electron chi connectivity index (χ0n) is 11.3. The smallest absolute Gasteiger partial charge is 0.229 e. The van der Waals surface area contributed by atoms with Crippen LogP contribution in [0.1, 0.15) is 11.3 Å². The van der Waals surface area contributed by atoms with Gasteiger partial charge in [0.25, 0.3) is 0 Å². The third-order valence-electron chi connectivity index (χ3n) is 2.95. The predicted molar refractivity (Wildman–Crippen MR) is 74.0 cm³/mol. The Labute approximate surface area is 112 Å². The number of hydrogen-bond donors (Lipinski definition) is 1. The van der Waals surface area contributed by atoms with Crippen molar-refractivity contribution in [2.24, 2.45) is 0 Å². The molecule has 0 aliphatic heterocycles. The molecular weight excluding hydrogens is 243 g/mol. The molecule has 2 rings (SSSR count). The second-order valence-electron chi connectivity index (χ2n) is 4.35. The normalized spacial score (nSPS) is 10.5. The molecule has 0 atom stereocenters. The van der Waals surface area contributed by atoms with Crippen molar-refractivity contribution in [2.45, 2.75) is 13.5 Å². The number of hydrogen-bond acceptors (Lipinski definition) is 4. The maximum atomic E-state index is 12.9. The SMILES string of the molecule is CNCc1cnc(N(C)c2ccc(F)cc2)nc1C. The highest BCUT2D eigenvalue weighted by Crippen LogP contribution is 2.20. The van der Waals surface area contributed by atoms with E-state index in [9.17, 15) is 4.39 Å². The molecule has 2 aromatic rings. The van der Waals surface area contributed by atoms with Gasteiger partial charge in [0.1, 0.15) is 5.82 Å². The lowest BCUT2D eigenvalue weighted by Crippen LogP contribution is -2.15. The molecule has 4 nitrogen and oxygen atoms in total. The van der Waals surface area contributed by atoms with Gasteiger partial charge >= 0.3 is 0 Å². The number of anilines is 2. The van der Waals surface area contributed by atoms with Crippen LogP contribution in [0.15, 0.2) is 30.5 Å². The molecule has 19 heavy (non-hydrogen) atoms. The summed E-state index contributed by atoms with van der Waals surface area (Å²) in [6.07, 6.45) is 1.81. The number of rotatable bonds is 4. The molecule has 0 unspecified atom stereocenters. The van der Waals surface area contributed by atoms with Gasteiger partial charge in [-0.05, 0) is 38.2 Å². The Bertz CT molecular complexity index is 554. The Morgan fingerprint density at radius 3 is 2.53 bits per heavy atom. The molecule has 1 heterocycles. The molecule has 5 heteroatoms. The summed E-state index contributed by atoms with van der Waals surface area (Å²) in [4.78, 5) is 10.6. The van der Waals surface area contributed by atoms with Crippen molar-refractivity contribution < 1.29 is 4.39 Å². The average molecular weight is 260 g/mol. The fourth-order valence-corrected chi connectivity index (χ4v) is 1.79. The molecule has 100 valence electrons. The van der Waals surface area contributed by atoms with Crippen molar-refractivity contribution in [2.75, 3.05) is 19.0 Å². The maximum absolute atomic E-state index is 12.9. The van der Waals surface area contributed by atoms with Gasteiger partial charge in [0.2, 0.25) is 5.95 Å². The van der Waals surface area contributed by atoms with Crippen LogP contribution in [0.4, 0.5) is 16.0 Å². The second kappa shape index (κ2) is 5.75. The van der Waals surface area contributed by atoms with Gasteiger partial charge in [0, 0.05) is 36.7 Å². The first-order valence-corrected chi connectivity index (χ1v) is 6.08. The number of nitrogens with one attached hydrogen (secondary N) is 1. The Kier molecular flexibility index (Phi) is 4.06. The molecule has 0 fully saturated rings. The van der Waals surface area contributed by atoms with Crippen molar-refractivity contribution in [1.82, 2.24) is 15.3 Å². The van der Waals surface area contributed by atoms with Gasteiger partial charge < -0.3 is 10.2 Å². The van der Waals surface area contributed by atoms with E-state index in [2.05, 4.69) is 15.3 Å². The third kappa shape index (κ3) is 3.06. The van der Waals surface area contributed by atoms with E-state index in [0.717, 1.165) is 23.5 Å². The lowest BCUT2D eigenvalue weighted by Gasteiger charge is -2.18. The minimum Gasteiger partial charge on any atom is -0.316 e. The van der Waals surface area contributed by atoms with E-state index >= 15 is 0 Å². The largest absolute Gasteiger partial charge is 0.316 e. The Morgan fingerprint density at radius 2 is 1.95 bits per heavy atom. The van der Waals surface area contributed by atoms with E-state index in [1.807, 2.05) is 32.1 Å². The molecule has 0 saturated heterocycles. The number of nitrogens with zero attached hydrogens (tertiary/aromatic N) is 3. The van der Waals surface area contributed by atoms with Gasteiger partial charge in [-0.1, -0.05) is 0 Å². The minimum absolute atomic E-state index is 0.251. The summed E-state index contributed by atoms with van der Waals surface area (Å²) in [5.41, 5.74) is 2.86. The topological polar surface area (TPSA) is 41.1 Å². The van der Waals surface area contributed by atoms with Crippen LogP contribution in [-0.4, -0.2) is 24.1 Å². The van der Waals surface area contributed by atoms with Crippen LogP contribution in [0.25, 0.3) is 0 Å². The van der Waals surface area contributed by atoms with Crippen LogP contribution in [0, 0.1) is 12.7 Å². The van der Waals surface area contributed by atoms with Crippen LogP contribution < -0.4 is 10.2 Å². The summed E-state index contributed by atoms with van der Waals surface area (Å²) in [7, 11) is 3.75. The molecule has 0 spiro atoms. The molecule has 1 aromatic heterocycles. The summed E-state index contributed by atoms with van der Waals surface area (Å²) in [5.74, 6) is 0.350. The van der Waals surface area contributed by atoms with Crippen LogP contribution in [0.5, 0.6) is 0 Å². The lowest BCUT2D eigenvalue weighted by atomic mass is 10.2. The van der Waals surface area contributed by atoms with E-state index in [1.54, 1.807) is 12.1 Å². The monoisotopic (exact) mass is 260 g/mol. The van der Waals surface area contributed by atoms with Gasteiger partial charge in [-0.25, -0.2) is 14.4 Å². The molecule has 1 N–H and O–H groups in total. The van der Waals surface area contributed by atoms with Crippen molar-refractivity contribution in [3.05, 3.63) is 47.5 Å². The van der Waals surface area contributed by atoms with E-state index < -0.39 is 0 Å². The van der Waals surface area contributed by atoms with Crippen molar-refractivity contribution in [3.8, 4) is 0 Å². The molecule has 0 bridgehead atoms. The summed E-state index contributed by atoms with van der Waals surface area (Å²) >= 11 is 0. The van der Waals surface area contributed by atoms with E-state index in [0.29, 0.717) is 5.95 Å². The Balaban J connectivity index is 2.26. The number of halogens is 1. The van der Waals surface area contributed by atoms with E-state index in [4.69, 9.17) is 0 Å². The van der Waals surface area contributed by atoms with Crippen molar-refractivity contribution in [3.63, 3.8) is 0 Å². The molecule has 0 amide bonds. The zero-order chi connectivity index (χ0) is 13.8. The molecule has 0 aliphatic rings. The van der Waals surface area contributed by atoms with Crippen LogP contribution >= 0.6 is 0 Å². The lowest BCUT2D eigenvalue weighted by molar-refractivity contribution is 0.628. The molecule has 0 saturated carbocycles. The summed E-state index contributed by atoms with van der Waals surface area (Å²) < 4.78 is 12.9. The van der Waals surface area contributed by atoms with Crippen molar-refractivity contribution in [1.29, 1.82) is 0 Å². The average Bonchev–Trinajstić information content (AvgIpc) is 2.41. The first kappa shape index (κ1) is 13.4. The quantitative estimate of drug-likeness (QED) is 0.916. The minimum atomic E-state index is -0.251. The van der Waals surface area contributed by atoms with Crippen molar-refractivity contribution >= 4 is 11.6 Å². The highest BCUT2D eigenvalue weighted by molar-refractivity contribution is 5.56. The summed E-state index contributed by atoms with van der Waals surface area (Å²) in [6.45, 7) is 2.70. The first-order valence-electron chi connectivity index (χ1n) is 6.08. The molecule has 0 aliphatic carbocycles. The van der Waals surface area contributed by atoms with Gasteiger partial charge in [0.15, 0.2) is 0 Å². The predicted octanol–water partition coefficient (Wildman–Crippen LogP) is 2.41. The first-order chi connectivity index (χ1) is 9.11. The number of aryl methyl sites for hydroxylation is 1. The van der Waals surface area contributed by atoms with Crippen LogP contribution in [0.2, 0.25) is 0 Å². The van der Waals surface area contributed by atoms with Gasteiger partial charge in [-0.15, -0.1) is 0 Å². The summed E-state index contributed by atoms with van der Waals surface area (Å²) in [5, 5.41) is 3.08. The van der Waals surface area contributed by atoms with E-state index in [-0.39, 0.29) is 5.82 Å². The zero-order valence-corrected chi connectivity index (χ0v) is 11.3. The number of aromatic nitrogens is 2. The maximum Gasteiger partial charge on any atom is 0.229 e. The molecular formula is C14H17FN4. The highest BCUT2D eigenvalue weighted by atomic mass is 19.1. The van der Waals surface area contributed by atoms with Gasteiger partial charge in [0.05, 0.1) is 0 Å². The van der Waals surface area contributed by atoms with Gasteiger partial charge in [-0.3, -0.25) is 0 Å². The molecule has 0 radical (unpaired) electrons. The number of benzene rings is 1. The Hall–Kier alpha value is -2.01. The van der Waals surface area contributed by atoms with Gasteiger partial charge in [-0.2, -0.15) is 0 Å². The van der Waals surface area contributed by atoms with Crippen LogP contribution in [0.3, 0.4) is 0 Å². The third-order valence-corrected chi connectivity index (χ3v) is 2.95. The summed E-state index contributed by atoms with van der Waals surface area (Å²) in [6, 6.07) is 6.26. The van der Waals surface area contributed by atoms with Crippen LogP contribution in [-0.2, 0) is 6.54 Å². The second-order valence-corrected chi connectivity index (χ2v) is 4.35.